The molecule has 3 aromatic heterocycles. The van der Waals surface area contributed by atoms with Gasteiger partial charge < -0.3 is 9.55 Å². The second kappa shape index (κ2) is 6.59. The molecule has 0 saturated heterocycles. The van der Waals surface area contributed by atoms with Crippen LogP contribution in [0, 0.1) is 11.6 Å². The molecule has 5 rings (SSSR count). The van der Waals surface area contributed by atoms with Crippen molar-refractivity contribution in [1.29, 1.82) is 0 Å². The minimum Gasteiger partial charge on any atom is -0.319 e. The van der Waals surface area contributed by atoms with Crippen LogP contribution in [0.3, 0.4) is 0 Å². The molecular formula is C21H11F5N4O. The van der Waals surface area contributed by atoms with Crippen molar-refractivity contribution in [3.63, 3.8) is 0 Å². The second-order valence-electron chi connectivity index (χ2n) is 6.97. The zero-order chi connectivity index (χ0) is 21.9. The third-order valence-corrected chi connectivity index (χ3v) is 5.07. The van der Waals surface area contributed by atoms with E-state index in [2.05, 4.69) is 15.0 Å². The molecule has 10 heteroatoms. The maximum absolute atomic E-state index is 14.2. The van der Waals surface area contributed by atoms with Crippen LogP contribution in [0.4, 0.5) is 22.0 Å². The Bertz CT molecular complexity index is 1490. The van der Waals surface area contributed by atoms with Gasteiger partial charge in [0.15, 0.2) is 17.3 Å². The summed E-state index contributed by atoms with van der Waals surface area (Å²) >= 11 is 0. The highest BCUT2D eigenvalue weighted by Crippen LogP contribution is 2.36. The van der Waals surface area contributed by atoms with Crippen LogP contribution in [-0.4, -0.2) is 19.5 Å². The van der Waals surface area contributed by atoms with Crippen LogP contribution >= 0.6 is 0 Å². The summed E-state index contributed by atoms with van der Waals surface area (Å²) in [6.07, 6.45) is 1.45. The summed E-state index contributed by atoms with van der Waals surface area (Å²) in [5.74, 6) is -2.12. The lowest BCUT2D eigenvalue weighted by Crippen LogP contribution is -2.13. The summed E-state index contributed by atoms with van der Waals surface area (Å²) < 4.78 is 69.8. The van der Waals surface area contributed by atoms with Gasteiger partial charge in [0.2, 0.25) is 5.56 Å². The van der Waals surface area contributed by atoms with Crippen molar-refractivity contribution in [2.24, 2.45) is 0 Å². The van der Waals surface area contributed by atoms with Crippen LogP contribution in [-0.2, 0) is 12.7 Å². The van der Waals surface area contributed by atoms with Gasteiger partial charge >= 0.3 is 6.18 Å². The van der Waals surface area contributed by atoms with E-state index in [1.165, 1.54) is 16.7 Å². The molecule has 0 bridgehead atoms. The summed E-state index contributed by atoms with van der Waals surface area (Å²) in [5, 5.41) is 0.219. The monoisotopic (exact) mass is 430 g/mol. The first kappa shape index (κ1) is 19.2. The number of imidazole rings is 1. The minimum absolute atomic E-state index is 0.0398. The quantitative estimate of drug-likeness (QED) is 0.485. The number of nitrogens with one attached hydrogen (secondary N) is 1. The normalized spacial score (nSPS) is 13.6. The van der Waals surface area contributed by atoms with Gasteiger partial charge in [-0.3, -0.25) is 4.79 Å². The molecule has 0 saturated carbocycles. The summed E-state index contributed by atoms with van der Waals surface area (Å²) in [7, 11) is 0. The number of nitrogens with zero attached hydrogens (tertiary/aromatic N) is 3. The van der Waals surface area contributed by atoms with E-state index in [1.54, 1.807) is 18.2 Å². The van der Waals surface area contributed by atoms with Crippen molar-refractivity contribution >= 4 is 27.6 Å². The van der Waals surface area contributed by atoms with E-state index in [-0.39, 0.29) is 40.0 Å². The predicted octanol–water partition coefficient (Wildman–Crippen LogP) is 4.57. The molecule has 5 nitrogen and oxygen atoms in total. The Labute approximate surface area is 170 Å². The predicted molar refractivity (Wildman–Crippen MR) is 103 cm³/mol. The van der Waals surface area contributed by atoms with E-state index in [0.717, 1.165) is 18.3 Å². The van der Waals surface area contributed by atoms with Gasteiger partial charge in [-0.15, -0.1) is 0 Å². The number of halogens is 5. The molecule has 1 aromatic carbocycles. The van der Waals surface area contributed by atoms with Gasteiger partial charge in [-0.2, -0.15) is 13.2 Å². The van der Waals surface area contributed by atoms with Gasteiger partial charge in [-0.1, -0.05) is 18.2 Å². The summed E-state index contributed by atoms with van der Waals surface area (Å²) in [6, 6.07) is 4.25. The van der Waals surface area contributed by atoms with Crippen molar-refractivity contribution in [2.45, 2.75) is 12.7 Å². The van der Waals surface area contributed by atoms with Gasteiger partial charge in [0.1, 0.15) is 11.3 Å². The first-order valence-corrected chi connectivity index (χ1v) is 9.05. The number of H-pyrrole nitrogens is 1. The van der Waals surface area contributed by atoms with Gasteiger partial charge in [0, 0.05) is 23.2 Å². The lowest BCUT2D eigenvalue weighted by atomic mass is 10.1. The number of aromatic nitrogens is 4. The molecule has 0 amide bonds. The highest BCUT2D eigenvalue weighted by atomic mass is 19.4. The molecule has 1 aliphatic rings. The van der Waals surface area contributed by atoms with E-state index in [9.17, 15) is 26.7 Å². The topological polar surface area (TPSA) is 63.6 Å². The summed E-state index contributed by atoms with van der Waals surface area (Å²) in [6.45, 7) is -0.128. The van der Waals surface area contributed by atoms with E-state index in [4.69, 9.17) is 0 Å². The molecule has 3 heterocycles. The van der Waals surface area contributed by atoms with E-state index in [1.807, 2.05) is 0 Å². The lowest BCUT2D eigenvalue weighted by molar-refractivity contribution is -0.136. The SMILES string of the molecule is O=c1cc(Cn2c(C3=CC=C3)nc3c(C(F)(F)F)ccnc32)c2ccc(F)c(F)c2[nH]1. The number of rotatable bonds is 3. The molecule has 4 aromatic rings. The minimum atomic E-state index is -4.64. The highest BCUT2D eigenvalue weighted by Gasteiger charge is 2.35. The Hall–Kier alpha value is -3.82. The Morgan fingerprint density at radius 3 is 2.58 bits per heavy atom. The average Bonchev–Trinajstić information content (AvgIpc) is 3.01. The molecule has 0 radical (unpaired) electrons. The maximum atomic E-state index is 14.2. The zero-order valence-electron chi connectivity index (χ0n) is 15.5. The maximum Gasteiger partial charge on any atom is 0.418 e. The summed E-state index contributed by atoms with van der Waals surface area (Å²) in [4.78, 5) is 22.6. The number of hydrogen-bond acceptors (Lipinski definition) is 3. The molecule has 31 heavy (non-hydrogen) atoms. The molecule has 1 N–H and O–H groups in total. The highest BCUT2D eigenvalue weighted by molar-refractivity contribution is 5.86. The van der Waals surface area contributed by atoms with Crippen LogP contribution in [0.25, 0.3) is 27.6 Å². The van der Waals surface area contributed by atoms with Crippen molar-refractivity contribution < 1.29 is 22.0 Å². The fraction of sp³-hybridized carbons (Fsp3) is 0.0952. The molecule has 1 aliphatic carbocycles. The van der Waals surface area contributed by atoms with Crippen LogP contribution < -0.4 is 5.56 Å². The van der Waals surface area contributed by atoms with Crippen LogP contribution in [0.2, 0.25) is 0 Å². The number of alkyl halides is 3. The van der Waals surface area contributed by atoms with Crippen molar-refractivity contribution in [2.75, 3.05) is 0 Å². The number of benzene rings is 1. The van der Waals surface area contributed by atoms with Gasteiger partial charge in [0.05, 0.1) is 17.6 Å². The smallest absolute Gasteiger partial charge is 0.319 e. The fourth-order valence-electron chi connectivity index (χ4n) is 3.59. The average molecular weight is 430 g/mol. The summed E-state index contributed by atoms with van der Waals surface area (Å²) in [5.41, 5.74) is -1.45. The number of hydrogen-bond donors (Lipinski definition) is 1. The van der Waals surface area contributed by atoms with Crippen molar-refractivity contribution in [1.82, 2.24) is 19.5 Å². The standard InChI is InChI=1S/C21H11F5N4O/c22-14-5-4-12-11(8-15(31)28-17(12)16(14)23)9-30-19(10-2-1-3-10)29-18-13(21(24,25)26)6-7-27-20(18)30/h1-8H,9H2,(H,28,31). The van der Waals surface area contributed by atoms with Crippen LogP contribution in [0.5, 0.6) is 0 Å². The van der Waals surface area contributed by atoms with Gasteiger partial charge in [0.25, 0.3) is 0 Å². The Balaban J connectivity index is 1.77. The molecule has 0 atom stereocenters. The number of allylic oxidation sites excluding steroid dienone is 4. The van der Waals surface area contributed by atoms with Crippen LogP contribution in [0.1, 0.15) is 17.0 Å². The number of pyridine rings is 2. The Morgan fingerprint density at radius 1 is 1.13 bits per heavy atom. The second-order valence-corrected chi connectivity index (χ2v) is 6.97. The lowest BCUT2D eigenvalue weighted by Gasteiger charge is -2.13. The first-order chi connectivity index (χ1) is 14.7. The Kier molecular flexibility index (Phi) is 4.07. The van der Waals surface area contributed by atoms with Crippen molar-refractivity contribution in [3.05, 3.63) is 87.6 Å². The molecule has 0 unspecified atom stereocenters. The molecule has 0 spiro atoms. The largest absolute Gasteiger partial charge is 0.418 e. The third-order valence-electron chi connectivity index (χ3n) is 5.07. The fourth-order valence-corrected chi connectivity index (χ4v) is 3.59. The Morgan fingerprint density at radius 2 is 1.90 bits per heavy atom. The molecular weight excluding hydrogens is 419 g/mol. The first-order valence-electron chi connectivity index (χ1n) is 9.05. The zero-order valence-corrected chi connectivity index (χ0v) is 15.5. The molecule has 156 valence electrons. The van der Waals surface area contributed by atoms with Gasteiger partial charge in [-0.25, -0.2) is 18.7 Å². The van der Waals surface area contributed by atoms with E-state index in [0.29, 0.717) is 5.57 Å². The third kappa shape index (κ3) is 3.02. The van der Waals surface area contributed by atoms with E-state index < -0.39 is 28.9 Å². The number of aromatic amines is 1. The number of fused-ring (bicyclic) bond motifs is 2. The molecule has 0 aliphatic heterocycles. The van der Waals surface area contributed by atoms with E-state index >= 15 is 0 Å². The molecule has 0 fully saturated rings. The van der Waals surface area contributed by atoms with Gasteiger partial charge in [-0.05, 0) is 23.8 Å². The van der Waals surface area contributed by atoms with Crippen molar-refractivity contribution in [3.8, 4) is 0 Å². The van der Waals surface area contributed by atoms with Crippen LogP contribution in [0.15, 0.2) is 53.5 Å².